The number of hydrogen-bond acceptors (Lipinski definition) is 6. The topological polar surface area (TPSA) is 140 Å². The smallest absolute Gasteiger partial charge is 0.407 e. The zero-order valence-corrected chi connectivity index (χ0v) is 17.2. The predicted octanol–water partition coefficient (Wildman–Crippen LogP) is 2.51. The standard InChI is InChI=1S/C22H27N3O6/c1-15(21(27)28)31-19-12-6-5-11-18(19)25-20(26)17(23)10-7-13-24-22(29)30-14-16-8-3-2-4-9-16/h2-6,8-9,11-12,15,17H,7,10,13-14,23H2,1H3,(H,24,29)(H,25,26)(H,27,28)/t15?,17-/m0/s1. The minimum Gasteiger partial charge on any atom is -0.479 e. The number of carbonyl (C=O) groups is 3. The number of anilines is 1. The average molecular weight is 429 g/mol. The highest BCUT2D eigenvalue weighted by molar-refractivity contribution is 5.96. The Morgan fingerprint density at radius 2 is 1.74 bits per heavy atom. The highest BCUT2D eigenvalue weighted by Crippen LogP contribution is 2.25. The highest BCUT2D eigenvalue weighted by Gasteiger charge is 2.18. The van der Waals surface area contributed by atoms with Crippen LogP contribution in [-0.2, 0) is 20.9 Å². The number of aliphatic carboxylic acids is 1. The maximum absolute atomic E-state index is 12.4. The van der Waals surface area contributed by atoms with Crippen LogP contribution in [0.1, 0.15) is 25.3 Å². The Balaban J connectivity index is 1.72. The molecule has 166 valence electrons. The minimum absolute atomic E-state index is 0.177. The van der Waals surface area contributed by atoms with Crippen LogP contribution in [-0.4, -0.2) is 41.8 Å². The van der Waals surface area contributed by atoms with Crippen molar-refractivity contribution in [3.05, 3.63) is 60.2 Å². The predicted molar refractivity (Wildman–Crippen MR) is 115 cm³/mol. The number of carbonyl (C=O) groups excluding carboxylic acids is 2. The Kier molecular flexibility index (Phi) is 9.31. The summed E-state index contributed by atoms with van der Waals surface area (Å²) < 4.78 is 10.5. The van der Waals surface area contributed by atoms with E-state index in [4.69, 9.17) is 20.3 Å². The Morgan fingerprint density at radius 1 is 1.06 bits per heavy atom. The van der Waals surface area contributed by atoms with Crippen molar-refractivity contribution in [3.8, 4) is 5.75 Å². The lowest BCUT2D eigenvalue weighted by atomic mass is 10.1. The van der Waals surface area contributed by atoms with Gasteiger partial charge >= 0.3 is 12.1 Å². The summed E-state index contributed by atoms with van der Waals surface area (Å²) in [5.74, 6) is -1.32. The van der Waals surface area contributed by atoms with Crippen LogP contribution in [0.3, 0.4) is 0 Å². The van der Waals surface area contributed by atoms with Crippen LogP contribution in [0.2, 0.25) is 0 Å². The molecule has 0 spiro atoms. The second kappa shape index (κ2) is 12.2. The fourth-order valence-electron chi connectivity index (χ4n) is 2.56. The number of para-hydroxylation sites is 2. The van der Waals surface area contributed by atoms with E-state index in [0.717, 1.165) is 5.56 Å². The number of alkyl carbamates (subject to hydrolysis) is 1. The molecule has 0 radical (unpaired) electrons. The minimum atomic E-state index is -1.12. The molecule has 2 aromatic carbocycles. The van der Waals surface area contributed by atoms with Gasteiger partial charge in [0, 0.05) is 6.54 Å². The monoisotopic (exact) mass is 429 g/mol. The van der Waals surface area contributed by atoms with Crippen molar-refractivity contribution in [3.63, 3.8) is 0 Å². The average Bonchev–Trinajstić information content (AvgIpc) is 2.77. The van der Waals surface area contributed by atoms with Crippen LogP contribution in [0, 0.1) is 0 Å². The molecular weight excluding hydrogens is 402 g/mol. The second-order valence-corrected chi connectivity index (χ2v) is 6.82. The number of nitrogens with one attached hydrogen (secondary N) is 2. The number of amides is 2. The van der Waals surface area contributed by atoms with Crippen molar-refractivity contribution < 1.29 is 29.0 Å². The molecule has 31 heavy (non-hydrogen) atoms. The molecule has 9 heteroatoms. The summed E-state index contributed by atoms with van der Waals surface area (Å²) in [4.78, 5) is 35.0. The molecule has 0 aromatic heterocycles. The van der Waals surface area contributed by atoms with Crippen LogP contribution in [0.15, 0.2) is 54.6 Å². The summed E-state index contributed by atoms with van der Waals surface area (Å²) in [5, 5.41) is 14.2. The Hall–Kier alpha value is -3.59. The van der Waals surface area contributed by atoms with Crippen LogP contribution < -0.4 is 21.1 Å². The Bertz CT molecular complexity index is 875. The van der Waals surface area contributed by atoms with E-state index >= 15 is 0 Å². The Labute approximate surface area is 180 Å². The quantitative estimate of drug-likeness (QED) is 0.402. The molecule has 2 amide bonds. The molecular formula is C22H27N3O6. The van der Waals surface area contributed by atoms with E-state index in [0.29, 0.717) is 25.1 Å². The van der Waals surface area contributed by atoms with E-state index in [1.165, 1.54) is 6.92 Å². The number of rotatable bonds is 11. The molecule has 0 aliphatic rings. The summed E-state index contributed by atoms with van der Waals surface area (Å²) in [5.41, 5.74) is 7.14. The van der Waals surface area contributed by atoms with Gasteiger partial charge in [-0.05, 0) is 37.5 Å². The molecule has 0 fully saturated rings. The van der Waals surface area contributed by atoms with Crippen molar-refractivity contribution >= 4 is 23.7 Å². The molecule has 0 aliphatic carbocycles. The normalized spacial score (nSPS) is 12.3. The zero-order chi connectivity index (χ0) is 22.6. The van der Waals surface area contributed by atoms with Crippen molar-refractivity contribution in [2.75, 3.05) is 11.9 Å². The van der Waals surface area contributed by atoms with Gasteiger partial charge in [-0.15, -0.1) is 0 Å². The van der Waals surface area contributed by atoms with Gasteiger partial charge in [-0.25, -0.2) is 9.59 Å². The maximum atomic E-state index is 12.4. The fraction of sp³-hybridized carbons (Fsp3) is 0.318. The first-order chi connectivity index (χ1) is 14.9. The lowest BCUT2D eigenvalue weighted by Gasteiger charge is -2.17. The van der Waals surface area contributed by atoms with E-state index in [-0.39, 0.29) is 12.4 Å². The number of nitrogens with two attached hydrogens (primary N) is 1. The van der Waals surface area contributed by atoms with Gasteiger partial charge < -0.3 is 30.9 Å². The summed E-state index contributed by atoms with van der Waals surface area (Å²) in [7, 11) is 0. The molecule has 2 aromatic rings. The van der Waals surface area contributed by atoms with Crippen molar-refractivity contribution in [1.82, 2.24) is 5.32 Å². The van der Waals surface area contributed by atoms with E-state index in [1.807, 2.05) is 30.3 Å². The van der Waals surface area contributed by atoms with Crippen LogP contribution in [0.5, 0.6) is 5.75 Å². The van der Waals surface area contributed by atoms with Crippen molar-refractivity contribution in [2.45, 2.75) is 38.5 Å². The van der Waals surface area contributed by atoms with Crippen LogP contribution in [0.25, 0.3) is 0 Å². The van der Waals surface area contributed by atoms with Gasteiger partial charge in [0.05, 0.1) is 11.7 Å². The summed E-state index contributed by atoms with van der Waals surface area (Å²) in [6, 6.07) is 15.0. The molecule has 0 saturated heterocycles. The molecule has 0 saturated carbocycles. The lowest BCUT2D eigenvalue weighted by molar-refractivity contribution is -0.144. The van der Waals surface area contributed by atoms with Gasteiger partial charge in [0.2, 0.25) is 5.91 Å². The van der Waals surface area contributed by atoms with Gasteiger partial charge in [0.25, 0.3) is 0 Å². The molecule has 0 aliphatic heterocycles. The summed E-state index contributed by atoms with van der Waals surface area (Å²) in [6.07, 6.45) is -0.803. The van der Waals surface area contributed by atoms with Gasteiger partial charge in [-0.2, -0.15) is 0 Å². The first kappa shape index (κ1) is 23.7. The third-order valence-corrected chi connectivity index (χ3v) is 4.31. The summed E-state index contributed by atoms with van der Waals surface area (Å²) >= 11 is 0. The molecule has 0 heterocycles. The van der Waals surface area contributed by atoms with E-state index in [1.54, 1.807) is 24.3 Å². The largest absolute Gasteiger partial charge is 0.479 e. The highest BCUT2D eigenvalue weighted by atomic mass is 16.5. The molecule has 2 rings (SSSR count). The van der Waals surface area contributed by atoms with E-state index in [9.17, 15) is 14.4 Å². The molecule has 0 bridgehead atoms. The number of carboxylic acids is 1. The fourth-order valence-corrected chi connectivity index (χ4v) is 2.56. The SMILES string of the molecule is CC(Oc1ccccc1NC(=O)[C@@H](N)CCCNC(=O)OCc1ccccc1)C(=O)O. The molecule has 9 nitrogen and oxygen atoms in total. The van der Waals surface area contributed by atoms with Crippen LogP contribution in [0.4, 0.5) is 10.5 Å². The van der Waals surface area contributed by atoms with Gasteiger partial charge in [0.15, 0.2) is 6.10 Å². The maximum Gasteiger partial charge on any atom is 0.407 e. The number of ether oxygens (including phenoxy) is 2. The first-order valence-corrected chi connectivity index (χ1v) is 9.86. The van der Waals surface area contributed by atoms with Gasteiger partial charge in [-0.3, -0.25) is 4.79 Å². The van der Waals surface area contributed by atoms with Crippen molar-refractivity contribution in [1.29, 1.82) is 0 Å². The Morgan fingerprint density at radius 3 is 2.45 bits per heavy atom. The van der Waals surface area contributed by atoms with Crippen LogP contribution >= 0.6 is 0 Å². The molecule has 5 N–H and O–H groups in total. The van der Waals surface area contributed by atoms with E-state index in [2.05, 4.69) is 10.6 Å². The lowest BCUT2D eigenvalue weighted by Crippen LogP contribution is -2.36. The zero-order valence-electron chi connectivity index (χ0n) is 17.2. The van der Waals surface area contributed by atoms with E-state index < -0.39 is 30.1 Å². The summed E-state index contributed by atoms with van der Waals surface area (Å²) in [6.45, 7) is 1.88. The molecule has 1 unspecified atom stereocenters. The number of carboxylic acid groups (broad SMARTS) is 1. The second-order valence-electron chi connectivity index (χ2n) is 6.82. The number of benzene rings is 2. The third-order valence-electron chi connectivity index (χ3n) is 4.31. The van der Waals surface area contributed by atoms with Crippen molar-refractivity contribution in [2.24, 2.45) is 5.73 Å². The molecule has 2 atom stereocenters. The number of hydrogen-bond donors (Lipinski definition) is 4. The third kappa shape index (κ3) is 8.35. The first-order valence-electron chi connectivity index (χ1n) is 9.86. The van der Waals surface area contributed by atoms with Gasteiger partial charge in [-0.1, -0.05) is 42.5 Å². The van der Waals surface area contributed by atoms with Gasteiger partial charge in [0.1, 0.15) is 12.4 Å².